The molecule has 17 nitrogen and oxygen atoms in total. The van der Waals surface area contributed by atoms with Crippen LogP contribution < -0.4 is 0 Å². The van der Waals surface area contributed by atoms with E-state index >= 15 is 0 Å². The number of aliphatic carboxylic acids is 2. The van der Waals surface area contributed by atoms with E-state index in [2.05, 4.69) is 66.9 Å². The summed E-state index contributed by atoms with van der Waals surface area (Å²) in [6, 6.07) is 16.1. The van der Waals surface area contributed by atoms with Gasteiger partial charge in [0.15, 0.2) is 0 Å². The van der Waals surface area contributed by atoms with Crippen LogP contribution in [-0.2, 0) is 39.8 Å². The monoisotopic (exact) mass is 1170 g/mol. The third-order valence-electron chi connectivity index (χ3n) is 17.7. The highest BCUT2D eigenvalue weighted by atomic mass is 16.5. The van der Waals surface area contributed by atoms with E-state index in [0.29, 0.717) is 58.2 Å². The number of aromatic amines is 4. The lowest BCUT2D eigenvalue weighted by Crippen LogP contribution is -2.06. The molecule has 6 N–H and O–H groups in total. The minimum atomic E-state index is -0.929. The number of nitrogens with zero attached hydrogens (tertiary/aromatic N) is 4. The molecule has 0 radical (unpaired) electrons. The Morgan fingerprint density at radius 1 is 0.448 bits per heavy atom. The van der Waals surface area contributed by atoms with E-state index in [-0.39, 0.29) is 50.5 Å². The molecule has 448 valence electrons. The number of H-pyrrole nitrogens is 4. The van der Waals surface area contributed by atoms with Crippen LogP contribution in [0.25, 0.3) is 94.8 Å². The van der Waals surface area contributed by atoms with Crippen LogP contribution in [0.2, 0.25) is 0 Å². The molecular weight excluding hydrogens is 1100 g/mol. The number of carbonyl (C=O) groups is 4. The number of aromatic nitrogens is 8. The third-order valence-corrected chi connectivity index (χ3v) is 17.7. The van der Waals surface area contributed by atoms with Gasteiger partial charge in [-0.3, -0.25) is 19.2 Å². The minimum Gasteiger partial charge on any atom is -0.481 e. The molecule has 0 saturated heterocycles. The van der Waals surface area contributed by atoms with Crippen molar-refractivity contribution in [3.63, 3.8) is 0 Å². The summed E-state index contributed by atoms with van der Waals surface area (Å²) >= 11 is 0. The highest BCUT2D eigenvalue weighted by Crippen LogP contribution is 2.42. The number of hydrogen-bond donors (Lipinski definition) is 6. The van der Waals surface area contributed by atoms with Crippen LogP contribution in [0.15, 0.2) is 67.8 Å². The van der Waals surface area contributed by atoms with Gasteiger partial charge in [0.2, 0.25) is 0 Å². The second-order valence-electron chi connectivity index (χ2n) is 22.8. The van der Waals surface area contributed by atoms with Gasteiger partial charge in [-0.15, -0.1) is 0 Å². The van der Waals surface area contributed by atoms with Gasteiger partial charge in [-0.25, -0.2) is 19.9 Å². The second kappa shape index (κ2) is 24.5. The molecule has 4 aliphatic heterocycles. The summed E-state index contributed by atoms with van der Waals surface area (Å²) in [5.74, 6) is -2.52. The maximum Gasteiger partial charge on any atom is 0.305 e. The van der Waals surface area contributed by atoms with Crippen molar-refractivity contribution in [3.8, 4) is 0 Å². The SMILES string of the molecule is C=CC1=C(C)c2cc3nc(cc4[nH]c(cc5[nH]c(cc1n2)c(C)c5C(C)OC(C)c1c(C)c2cc5nc(cc6nc(cc7[nH]c(cc1[nH]2)c(C)c7C=C)C(C)=C6CCC(=O)OC)C(CCC(=O)OC)=C5C)c(C)c4CCC(=O)O)C(CCC(=O)O)=C3C. The lowest BCUT2D eigenvalue weighted by molar-refractivity contribution is -0.141. The van der Waals surface area contributed by atoms with Crippen molar-refractivity contribution in [2.45, 2.75) is 133 Å². The number of hydrogen-bond acceptors (Lipinski definition) is 11. The van der Waals surface area contributed by atoms with Crippen LogP contribution in [0.5, 0.6) is 0 Å². The number of rotatable bonds is 18. The molecule has 0 saturated carbocycles. The van der Waals surface area contributed by atoms with Gasteiger partial charge in [0.05, 0.1) is 72.0 Å². The van der Waals surface area contributed by atoms with Crippen LogP contribution in [-0.4, -0.2) is 88.2 Å². The van der Waals surface area contributed by atoms with Crippen molar-refractivity contribution in [2.24, 2.45) is 0 Å². The molecule has 2 unspecified atom stereocenters. The van der Waals surface area contributed by atoms with E-state index < -0.39 is 24.1 Å². The maximum atomic E-state index is 12.7. The molecule has 17 heteroatoms. The normalized spacial score (nSPS) is 14.0. The number of allylic oxidation sites excluding steroid dienone is 9. The van der Waals surface area contributed by atoms with Gasteiger partial charge in [-0.1, -0.05) is 25.3 Å². The molecule has 6 aromatic heterocycles. The van der Waals surface area contributed by atoms with Crippen molar-refractivity contribution >= 4 is 119 Å². The summed E-state index contributed by atoms with van der Waals surface area (Å²) in [6.07, 6.45) is 3.97. The van der Waals surface area contributed by atoms with E-state index in [1.807, 2.05) is 96.2 Å². The van der Waals surface area contributed by atoms with Crippen molar-refractivity contribution in [3.05, 3.63) is 158 Å². The molecule has 0 amide bonds. The number of aryl methyl sites for hydroxylation is 5. The molecule has 0 spiro atoms. The number of nitrogens with one attached hydrogen (secondary N) is 4. The van der Waals surface area contributed by atoms with E-state index in [1.54, 1.807) is 0 Å². The summed E-state index contributed by atoms with van der Waals surface area (Å²) in [7, 11) is 2.77. The Morgan fingerprint density at radius 2 is 0.828 bits per heavy atom. The zero-order chi connectivity index (χ0) is 62.4. The number of ether oxygens (including phenoxy) is 3. The molecule has 6 aromatic rings. The molecular formula is C70H74N8O9. The molecule has 0 aliphatic carbocycles. The van der Waals surface area contributed by atoms with Gasteiger partial charge < -0.3 is 44.4 Å². The smallest absolute Gasteiger partial charge is 0.305 e. The van der Waals surface area contributed by atoms with Crippen LogP contribution in [0, 0.1) is 27.7 Å². The first-order valence-electron chi connectivity index (χ1n) is 29.3. The number of methoxy groups -OCH3 is 2. The highest BCUT2D eigenvalue weighted by molar-refractivity contribution is 6.00. The van der Waals surface area contributed by atoms with E-state index in [9.17, 15) is 29.4 Å². The lowest BCUT2D eigenvalue weighted by Gasteiger charge is -2.20. The van der Waals surface area contributed by atoms with Gasteiger partial charge in [0, 0.05) is 92.1 Å². The van der Waals surface area contributed by atoms with Crippen LogP contribution in [0.3, 0.4) is 0 Å². The van der Waals surface area contributed by atoms with Crippen molar-refractivity contribution < 1.29 is 43.6 Å². The molecule has 0 fully saturated rings. The Morgan fingerprint density at radius 3 is 1.32 bits per heavy atom. The number of esters is 2. The largest absolute Gasteiger partial charge is 0.481 e. The predicted molar refractivity (Wildman–Crippen MR) is 344 cm³/mol. The Bertz CT molecular complexity index is 4460. The van der Waals surface area contributed by atoms with Crippen molar-refractivity contribution in [1.82, 2.24) is 39.9 Å². The van der Waals surface area contributed by atoms with Gasteiger partial charge in [-0.05, 0) is 210 Å². The Hall–Kier alpha value is -9.48. The van der Waals surface area contributed by atoms with E-state index in [0.717, 1.165) is 133 Å². The first-order chi connectivity index (χ1) is 41.5. The maximum absolute atomic E-state index is 12.7. The molecule has 10 rings (SSSR count). The Labute approximate surface area is 504 Å². The summed E-state index contributed by atoms with van der Waals surface area (Å²) in [6.45, 7) is 28.7. The fourth-order valence-corrected chi connectivity index (χ4v) is 12.7. The summed E-state index contributed by atoms with van der Waals surface area (Å²) in [5, 5.41) is 19.8. The van der Waals surface area contributed by atoms with Crippen LogP contribution in [0.1, 0.15) is 189 Å². The molecule has 0 aromatic carbocycles. The zero-order valence-corrected chi connectivity index (χ0v) is 51.5. The topological polar surface area (TPSA) is 251 Å². The zero-order valence-electron chi connectivity index (χ0n) is 51.5. The molecule has 2 atom stereocenters. The predicted octanol–water partition coefficient (Wildman–Crippen LogP) is 15.4. The molecule has 4 aliphatic rings. The first kappa shape index (κ1) is 60.6. The first-order valence-corrected chi connectivity index (χ1v) is 29.3. The van der Waals surface area contributed by atoms with Crippen LogP contribution in [0.4, 0.5) is 0 Å². The van der Waals surface area contributed by atoms with Gasteiger partial charge in [-0.2, -0.15) is 0 Å². The van der Waals surface area contributed by atoms with Gasteiger partial charge in [0.25, 0.3) is 0 Å². The fourth-order valence-electron chi connectivity index (χ4n) is 12.7. The lowest BCUT2D eigenvalue weighted by atomic mass is 9.98. The van der Waals surface area contributed by atoms with Crippen molar-refractivity contribution in [1.29, 1.82) is 0 Å². The molecule has 16 bridgehead atoms. The average molecular weight is 1170 g/mol. The van der Waals surface area contributed by atoms with Crippen molar-refractivity contribution in [2.75, 3.05) is 14.2 Å². The molecule has 10 heterocycles. The summed E-state index contributed by atoms with van der Waals surface area (Å²) in [5.41, 5.74) is 26.0. The van der Waals surface area contributed by atoms with E-state index in [1.165, 1.54) is 14.2 Å². The average Bonchev–Trinajstić information content (AvgIpc) is 1.88. The van der Waals surface area contributed by atoms with E-state index in [4.69, 9.17) is 34.1 Å². The summed E-state index contributed by atoms with van der Waals surface area (Å²) < 4.78 is 17.5. The Kier molecular flexibility index (Phi) is 17.1. The van der Waals surface area contributed by atoms with Crippen LogP contribution >= 0.6 is 0 Å². The number of fused-ring (bicyclic) bond motifs is 16. The third kappa shape index (κ3) is 11.7. The van der Waals surface area contributed by atoms with Gasteiger partial charge >= 0.3 is 23.9 Å². The number of carbonyl (C=O) groups excluding carboxylic acids is 2. The fraction of sp³-hybridized carbons (Fsp3) is 0.314. The Balaban J connectivity index is 1.18. The minimum absolute atomic E-state index is 0.0951. The second-order valence-corrected chi connectivity index (χ2v) is 22.8. The molecule has 87 heavy (non-hydrogen) atoms. The number of carboxylic acid groups (broad SMARTS) is 2. The standard InChI is InChI=1S/C70H74N8O9/c1-15-43-33(3)49-25-50-35(5)45(17-21-65(79)80)59(73-50)31-60-46(18-22-66(81)82)36(6)54(76-60)30-64-70(40(10)56(78-64)28-58(43)71-49)42(12)87-41(11)69-39(9)55-26-51-37(7)47(19-23-67(83)85-13)61(74-51)32-62-48(20-24-68(84)86-14)38(8)52(75-62)27-57-44(16-2)34(4)53(72-57)29-63(69)77-55/h15-16,25-32,41-42,72,76-78H,1-2,17-24H2,3-14H3,(H,79,80)(H,81,82). The summed E-state index contributed by atoms with van der Waals surface area (Å²) in [4.78, 5) is 85.0. The highest BCUT2D eigenvalue weighted by Gasteiger charge is 2.28. The van der Waals surface area contributed by atoms with Gasteiger partial charge in [0.1, 0.15) is 0 Å². The quantitative estimate of drug-likeness (QED) is 0.0439. The number of carboxylic acids is 2.